The Bertz CT molecular complexity index is 1190. The Morgan fingerprint density at radius 2 is 1.72 bits per heavy atom. The molecule has 0 aliphatic heterocycles. The van der Waals surface area contributed by atoms with Crippen LogP contribution in [0.2, 0.25) is 5.02 Å². The molecule has 0 aliphatic rings. The van der Waals surface area contributed by atoms with Gasteiger partial charge in [0.05, 0.1) is 16.3 Å². The van der Waals surface area contributed by atoms with Gasteiger partial charge in [0.25, 0.3) is 5.91 Å². The molecule has 0 radical (unpaired) electrons. The second kappa shape index (κ2) is 9.45. The van der Waals surface area contributed by atoms with Crippen molar-refractivity contribution in [1.82, 2.24) is 4.98 Å². The highest BCUT2D eigenvalue weighted by atomic mass is 35.5. The van der Waals surface area contributed by atoms with Crippen LogP contribution in [0.3, 0.4) is 0 Å². The van der Waals surface area contributed by atoms with Crippen LogP contribution >= 0.6 is 23.4 Å². The Kier molecular flexibility index (Phi) is 6.90. The first-order valence-corrected chi connectivity index (χ1v) is 9.90. The molecule has 3 rings (SSSR count). The lowest BCUT2D eigenvalue weighted by molar-refractivity contribution is -0.137. The number of nitrogens with two attached hydrogens (primary N) is 1. The Morgan fingerprint density at radius 3 is 2.38 bits per heavy atom. The van der Waals surface area contributed by atoms with Crippen LogP contribution in [0.5, 0.6) is 0 Å². The lowest BCUT2D eigenvalue weighted by Crippen LogP contribution is -2.20. The molecule has 0 spiro atoms. The summed E-state index contributed by atoms with van der Waals surface area (Å²) in [5, 5.41) is 3.91. The maximum absolute atomic E-state index is 14.4. The summed E-state index contributed by atoms with van der Waals surface area (Å²) in [4.78, 5) is 28.2. The van der Waals surface area contributed by atoms with E-state index in [2.05, 4.69) is 15.6 Å². The highest BCUT2D eigenvalue weighted by molar-refractivity contribution is 7.99. The van der Waals surface area contributed by atoms with Gasteiger partial charge in [-0.15, -0.1) is 0 Å². The van der Waals surface area contributed by atoms with Crippen molar-refractivity contribution in [3.63, 3.8) is 0 Å². The third kappa shape index (κ3) is 5.89. The highest BCUT2D eigenvalue weighted by Gasteiger charge is 2.33. The number of hydrogen-bond donors (Lipinski definition) is 3. The van der Waals surface area contributed by atoms with Crippen LogP contribution in [-0.2, 0) is 6.18 Å². The number of amides is 3. The van der Waals surface area contributed by atoms with Gasteiger partial charge >= 0.3 is 12.2 Å². The van der Waals surface area contributed by atoms with E-state index < -0.39 is 34.5 Å². The Labute approximate surface area is 188 Å². The lowest BCUT2D eigenvalue weighted by Gasteiger charge is -2.13. The van der Waals surface area contributed by atoms with Crippen LogP contribution in [-0.4, -0.2) is 16.9 Å². The quantitative estimate of drug-likeness (QED) is 0.399. The van der Waals surface area contributed by atoms with Crippen LogP contribution in [0.4, 0.5) is 33.7 Å². The number of rotatable bonds is 5. The van der Waals surface area contributed by atoms with E-state index in [-0.39, 0.29) is 17.1 Å². The third-order valence-corrected chi connectivity index (χ3v) is 5.25. The van der Waals surface area contributed by atoms with E-state index in [0.717, 1.165) is 23.9 Å². The topological polar surface area (TPSA) is 97.1 Å². The Balaban J connectivity index is 1.69. The predicted octanol–water partition coefficient (Wildman–Crippen LogP) is 5.79. The van der Waals surface area contributed by atoms with Crippen LogP contribution in [0.15, 0.2) is 64.5 Å². The number of anilines is 2. The van der Waals surface area contributed by atoms with Crippen molar-refractivity contribution >= 4 is 46.7 Å². The molecule has 0 bridgehead atoms. The van der Waals surface area contributed by atoms with Crippen molar-refractivity contribution in [2.75, 3.05) is 10.6 Å². The maximum Gasteiger partial charge on any atom is 0.417 e. The first-order valence-electron chi connectivity index (χ1n) is 8.71. The highest BCUT2D eigenvalue weighted by Crippen LogP contribution is 2.36. The molecule has 0 fully saturated rings. The number of hydrogen-bond acceptors (Lipinski definition) is 4. The number of alkyl halides is 3. The molecule has 4 N–H and O–H groups in total. The zero-order chi connectivity index (χ0) is 23.5. The Morgan fingerprint density at radius 1 is 1.00 bits per heavy atom. The predicted molar refractivity (Wildman–Crippen MR) is 112 cm³/mol. The van der Waals surface area contributed by atoms with Crippen molar-refractivity contribution in [2.45, 2.75) is 16.0 Å². The molecule has 3 amide bonds. The Hall–Kier alpha value is -3.31. The molecule has 1 heterocycles. The molecular weight excluding hydrogens is 472 g/mol. The molecule has 0 saturated heterocycles. The fourth-order valence-corrected chi connectivity index (χ4v) is 3.61. The standard InChI is InChI=1S/C20H13ClF4N4O2S/c21-14-3-1-10(7-13(14)20(23,24)25)28-19(31)29-16-4-2-11(8-15(16)22)32-12-5-6-27-17(9-12)18(26)30/h1-9H,(H2,26,30)(H2,28,29,31). The molecule has 12 heteroatoms. The van der Waals surface area contributed by atoms with Gasteiger partial charge in [0.15, 0.2) is 0 Å². The normalized spacial score (nSPS) is 11.2. The van der Waals surface area contributed by atoms with Gasteiger partial charge in [-0.2, -0.15) is 13.2 Å². The van der Waals surface area contributed by atoms with Gasteiger partial charge < -0.3 is 16.4 Å². The van der Waals surface area contributed by atoms with E-state index in [1.54, 1.807) is 6.07 Å². The van der Waals surface area contributed by atoms with Crippen LogP contribution in [0, 0.1) is 5.82 Å². The number of carbonyl (C=O) groups is 2. The van der Waals surface area contributed by atoms with E-state index in [4.69, 9.17) is 17.3 Å². The number of urea groups is 1. The van der Waals surface area contributed by atoms with Gasteiger partial charge in [-0.1, -0.05) is 23.4 Å². The minimum atomic E-state index is -4.70. The molecule has 0 atom stereocenters. The van der Waals surface area contributed by atoms with Crippen LogP contribution in [0.25, 0.3) is 0 Å². The van der Waals surface area contributed by atoms with Crippen LogP contribution in [0.1, 0.15) is 16.1 Å². The molecular formula is C20H13ClF4N4O2S. The molecule has 1 aromatic heterocycles. The molecule has 0 saturated carbocycles. The first kappa shape index (κ1) is 23.4. The van der Waals surface area contributed by atoms with Crippen molar-refractivity contribution in [1.29, 1.82) is 0 Å². The number of pyridine rings is 1. The first-order chi connectivity index (χ1) is 15.0. The second-order valence-electron chi connectivity index (χ2n) is 6.26. The summed E-state index contributed by atoms with van der Waals surface area (Å²) in [6, 6.07) is 8.91. The minimum Gasteiger partial charge on any atom is -0.364 e. The average molecular weight is 485 g/mol. The molecule has 166 valence electrons. The van der Waals surface area contributed by atoms with E-state index >= 15 is 0 Å². The summed E-state index contributed by atoms with van der Waals surface area (Å²) in [7, 11) is 0. The van der Waals surface area contributed by atoms with Gasteiger partial charge in [-0.25, -0.2) is 9.18 Å². The SMILES string of the molecule is NC(=O)c1cc(Sc2ccc(NC(=O)Nc3ccc(Cl)c(C(F)(F)F)c3)c(F)c2)ccn1. The maximum atomic E-state index is 14.4. The van der Waals surface area contributed by atoms with Gasteiger partial charge in [0.1, 0.15) is 11.5 Å². The fourth-order valence-electron chi connectivity index (χ4n) is 2.51. The molecule has 32 heavy (non-hydrogen) atoms. The fraction of sp³-hybridized carbons (Fsp3) is 0.0500. The summed E-state index contributed by atoms with van der Waals surface area (Å²) >= 11 is 6.67. The van der Waals surface area contributed by atoms with Crippen molar-refractivity contribution in [2.24, 2.45) is 5.73 Å². The van der Waals surface area contributed by atoms with Gasteiger partial charge in [-0.05, 0) is 48.5 Å². The number of benzene rings is 2. The number of nitrogens with zero attached hydrogens (tertiary/aromatic N) is 1. The summed E-state index contributed by atoms with van der Waals surface area (Å²) in [6.07, 6.45) is -3.31. The number of carbonyl (C=O) groups excluding carboxylic acids is 2. The van der Waals surface area contributed by atoms with E-state index in [9.17, 15) is 27.2 Å². The zero-order valence-corrected chi connectivity index (χ0v) is 17.4. The van der Waals surface area contributed by atoms with E-state index in [0.29, 0.717) is 15.9 Å². The molecule has 6 nitrogen and oxygen atoms in total. The number of halogens is 5. The van der Waals surface area contributed by atoms with Crippen molar-refractivity contribution < 1.29 is 27.2 Å². The minimum absolute atomic E-state index is 0.0568. The largest absolute Gasteiger partial charge is 0.417 e. The number of nitrogens with one attached hydrogen (secondary N) is 2. The van der Waals surface area contributed by atoms with Gasteiger partial charge in [0, 0.05) is 21.7 Å². The van der Waals surface area contributed by atoms with E-state index in [1.165, 1.54) is 30.5 Å². The van der Waals surface area contributed by atoms with Gasteiger partial charge in [0.2, 0.25) is 0 Å². The summed E-state index contributed by atoms with van der Waals surface area (Å²) in [5.74, 6) is -1.48. The van der Waals surface area contributed by atoms with Crippen LogP contribution < -0.4 is 16.4 Å². The number of primary amides is 1. The molecule has 0 aliphatic carbocycles. The smallest absolute Gasteiger partial charge is 0.364 e. The molecule has 0 unspecified atom stereocenters. The van der Waals surface area contributed by atoms with Crippen molar-refractivity contribution in [3.05, 3.63) is 76.8 Å². The summed E-state index contributed by atoms with van der Waals surface area (Å²) in [5.41, 5.74) is 3.76. The molecule has 3 aromatic rings. The third-order valence-electron chi connectivity index (χ3n) is 3.94. The average Bonchev–Trinajstić information content (AvgIpc) is 2.71. The lowest BCUT2D eigenvalue weighted by atomic mass is 10.2. The zero-order valence-electron chi connectivity index (χ0n) is 15.8. The monoisotopic (exact) mass is 484 g/mol. The summed E-state index contributed by atoms with van der Waals surface area (Å²) < 4.78 is 53.2. The molecule has 2 aromatic carbocycles. The van der Waals surface area contributed by atoms with Crippen molar-refractivity contribution in [3.8, 4) is 0 Å². The second-order valence-corrected chi connectivity index (χ2v) is 7.81. The van der Waals surface area contributed by atoms with E-state index in [1.807, 2.05) is 0 Å². The van der Waals surface area contributed by atoms with Gasteiger partial charge in [-0.3, -0.25) is 9.78 Å². The number of aromatic nitrogens is 1. The summed E-state index contributed by atoms with van der Waals surface area (Å²) in [6.45, 7) is 0.